The van der Waals surface area contributed by atoms with Gasteiger partial charge in [-0.3, -0.25) is 0 Å². The summed E-state index contributed by atoms with van der Waals surface area (Å²) in [4.78, 5) is 0. The van der Waals surface area contributed by atoms with Gasteiger partial charge in [0, 0.05) is 0 Å². The van der Waals surface area contributed by atoms with E-state index in [1.807, 2.05) is 11.6 Å². The highest BCUT2D eigenvalue weighted by Gasteiger charge is 2.11. The third-order valence-electron chi connectivity index (χ3n) is 0.866. The van der Waals surface area contributed by atoms with Crippen LogP contribution in [0.1, 0.15) is 34.6 Å². The van der Waals surface area contributed by atoms with Gasteiger partial charge in [-0.1, -0.05) is 39.9 Å². The summed E-state index contributed by atoms with van der Waals surface area (Å²) >= 11 is 1.94. The first-order valence-corrected chi connectivity index (χ1v) is 4.92. The maximum Gasteiger partial charge on any atom is 0.197 e. The molecule has 59 valence electrons. The van der Waals surface area contributed by atoms with E-state index < -0.39 is 0 Å². The van der Waals surface area contributed by atoms with E-state index >= 15 is 0 Å². The lowest BCUT2D eigenvalue weighted by molar-refractivity contribution is 0.748. The Morgan fingerprint density at radius 3 is 2.10 bits per heavy atom. The third-order valence-corrected chi connectivity index (χ3v) is 2.60. The standard InChI is InChI=1S/C8H18BS/c1-7(2)6-10-9-8(3,4)5/h7H,6H2,1-5H3. The van der Waals surface area contributed by atoms with E-state index in [1.165, 1.54) is 5.75 Å². The molecule has 0 amide bonds. The van der Waals surface area contributed by atoms with E-state index in [9.17, 15) is 0 Å². The van der Waals surface area contributed by atoms with Crippen LogP contribution in [-0.2, 0) is 0 Å². The second-order valence-corrected chi connectivity index (χ2v) is 5.11. The molecule has 2 heteroatoms. The predicted octanol–water partition coefficient (Wildman–Crippen LogP) is 3.21. The molecule has 0 saturated heterocycles. The highest BCUT2D eigenvalue weighted by atomic mass is 32.2. The molecule has 0 bridgehead atoms. The SMILES string of the molecule is CC(C)CS[B]C(C)(C)C. The molecule has 0 heterocycles. The fourth-order valence-electron chi connectivity index (χ4n) is 0.491. The minimum atomic E-state index is 0.375. The van der Waals surface area contributed by atoms with Crippen LogP contribution in [0.25, 0.3) is 0 Å². The normalized spacial score (nSPS) is 12.2. The highest BCUT2D eigenvalue weighted by molar-refractivity contribution is 8.22. The molecular formula is C8H18BS. The molecule has 0 unspecified atom stereocenters. The average molecular weight is 157 g/mol. The maximum absolute atomic E-state index is 2.33. The summed E-state index contributed by atoms with van der Waals surface area (Å²) in [6, 6.07) is 0. The second-order valence-electron chi connectivity index (χ2n) is 4.21. The van der Waals surface area contributed by atoms with Crippen LogP contribution in [0.3, 0.4) is 0 Å². The zero-order valence-corrected chi connectivity index (χ0v) is 8.59. The first-order valence-electron chi connectivity index (χ1n) is 3.88. The summed E-state index contributed by atoms with van der Waals surface area (Å²) < 4.78 is 0. The van der Waals surface area contributed by atoms with E-state index in [0.717, 1.165) is 5.92 Å². The van der Waals surface area contributed by atoms with Crippen molar-refractivity contribution in [2.75, 3.05) is 5.75 Å². The summed E-state index contributed by atoms with van der Waals surface area (Å²) in [6.45, 7) is 13.5. The van der Waals surface area contributed by atoms with Crippen LogP contribution in [-0.4, -0.2) is 12.3 Å². The van der Waals surface area contributed by atoms with Crippen molar-refractivity contribution in [2.24, 2.45) is 5.92 Å². The number of rotatable bonds is 3. The first-order chi connectivity index (χ1) is 4.42. The van der Waals surface area contributed by atoms with E-state index in [-0.39, 0.29) is 0 Å². The van der Waals surface area contributed by atoms with Crippen molar-refractivity contribution in [1.82, 2.24) is 0 Å². The Hall–Kier alpha value is 0.415. The lowest BCUT2D eigenvalue weighted by Gasteiger charge is -2.16. The van der Waals surface area contributed by atoms with E-state index in [4.69, 9.17) is 0 Å². The number of hydrogen-bond acceptors (Lipinski definition) is 1. The van der Waals surface area contributed by atoms with Gasteiger partial charge in [-0.15, -0.1) is 0 Å². The van der Waals surface area contributed by atoms with Crippen molar-refractivity contribution in [3.8, 4) is 0 Å². The van der Waals surface area contributed by atoms with Gasteiger partial charge >= 0.3 is 0 Å². The Labute approximate surface area is 70.3 Å². The van der Waals surface area contributed by atoms with Crippen molar-refractivity contribution in [1.29, 1.82) is 0 Å². The minimum Gasteiger partial charge on any atom is -0.217 e. The quantitative estimate of drug-likeness (QED) is 0.567. The summed E-state index contributed by atoms with van der Waals surface area (Å²) in [5.41, 5.74) is 0. The molecule has 0 aromatic rings. The van der Waals surface area contributed by atoms with Crippen LogP contribution in [0.2, 0.25) is 5.31 Å². The van der Waals surface area contributed by atoms with Crippen LogP contribution in [0.15, 0.2) is 0 Å². The van der Waals surface area contributed by atoms with Crippen molar-refractivity contribution in [3.05, 3.63) is 0 Å². The van der Waals surface area contributed by atoms with Crippen molar-refractivity contribution < 1.29 is 0 Å². The molecule has 0 saturated carbocycles. The summed E-state index contributed by atoms with van der Waals surface area (Å²) in [5.74, 6) is 2.06. The minimum absolute atomic E-state index is 0.375. The summed E-state index contributed by atoms with van der Waals surface area (Å²) in [7, 11) is 0. The van der Waals surface area contributed by atoms with E-state index in [2.05, 4.69) is 41.2 Å². The number of hydrogen-bond donors (Lipinski definition) is 0. The summed E-state index contributed by atoms with van der Waals surface area (Å²) in [5, 5.41) is 0.375. The topological polar surface area (TPSA) is 0 Å². The van der Waals surface area contributed by atoms with Gasteiger partial charge in [-0.2, -0.15) is 0 Å². The largest absolute Gasteiger partial charge is 0.217 e. The van der Waals surface area contributed by atoms with Gasteiger partial charge in [0.05, 0.1) is 0 Å². The monoisotopic (exact) mass is 157 g/mol. The van der Waals surface area contributed by atoms with E-state index in [1.54, 1.807) is 0 Å². The zero-order chi connectivity index (χ0) is 8.20. The molecule has 0 spiro atoms. The Morgan fingerprint density at radius 1 is 1.30 bits per heavy atom. The maximum atomic E-state index is 2.33. The van der Waals surface area contributed by atoms with Gasteiger partial charge in [0.25, 0.3) is 0 Å². The molecule has 10 heavy (non-hydrogen) atoms. The molecule has 0 N–H and O–H groups in total. The summed E-state index contributed by atoms with van der Waals surface area (Å²) in [6.07, 6.45) is 0. The van der Waals surface area contributed by atoms with Crippen LogP contribution in [0, 0.1) is 5.92 Å². The second kappa shape index (κ2) is 4.33. The van der Waals surface area contributed by atoms with Crippen LogP contribution < -0.4 is 0 Å². The molecule has 0 aromatic carbocycles. The van der Waals surface area contributed by atoms with Crippen LogP contribution >= 0.6 is 11.6 Å². The smallest absolute Gasteiger partial charge is 0.197 e. The Morgan fingerprint density at radius 2 is 1.80 bits per heavy atom. The molecule has 1 radical (unpaired) electrons. The molecule has 0 nitrogen and oxygen atoms in total. The van der Waals surface area contributed by atoms with Gasteiger partial charge in [-0.25, -0.2) is 11.6 Å². The third kappa shape index (κ3) is 8.41. The fourth-order valence-corrected chi connectivity index (χ4v) is 1.47. The van der Waals surface area contributed by atoms with Gasteiger partial charge in [-0.05, 0) is 11.7 Å². The van der Waals surface area contributed by atoms with Crippen LogP contribution in [0.5, 0.6) is 0 Å². The molecule has 0 rings (SSSR count). The van der Waals surface area contributed by atoms with Gasteiger partial charge in [0.15, 0.2) is 6.56 Å². The lowest BCUT2D eigenvalue weighted by atomic mass is 9.73. The lowest BCUT2D eigenvalue weighted by Crippen LogP contribution is -2.06. The Balaban J connectivity index is 3.21. The molecule has 0 atom stereocenters. The molecular weight excluding hydrogens is 139 g/mol. The van der Waals surface area contributed by atoms with Gasteiger partial charge in [0.1, 0.15) is 0 Å². The zero-order valence-electron chi connectivity index (χ0n) is 7.77. The Bertz CT molecular complexity index is 83.7. The van der Waals surface area contributed by atoms with Crippen molar-refractivity contribution in [3.63, 3.8) is 0 Å². The first kappa shape index (κ1) is 10.4. The molecule has 0 aliphatic carbocycles. The molecule has 0 aliphatic heterocycles. The van der Waals surface area contributed by atoms with Crippen molar-refractivity contribution >= 4 is 18.2 Å². The average Bonchev–Trinajstić information content (AvgIpc) is 1.59. The van der Waals surface area contributed by atoms with Gasteiger partial charge in [0.2, 0.25) is 0 Å². The van der Waals surface area contributed by atoms with Gasteiger partial charge < -0.3 is 0 Å². The Kier molecular flexibility index (Phi) is 4.50. The van der Waals surface area contributed by atoms with Crippen LogP contribution in [0.4, 0.5) is 0 Å². The van der Waals surface area contributed by atoms with E-state index in [0.29, 0.717) is 5.31 Å². The molecule has 0 aromatic heterocycles. The van der Waals surface area contributed by atoms with Crippen molar-refractivity contribution in [2.45, 2.75) is 39.9 Å². The highest BCUT2D eigenvalue weighted by Crippen LogP contribution is 2.25. The molecule has 0 fully saturated rings. The molecule has 0 aliphatic rings. The fraction of sp³-hybridized carbons (Fsp3) is 1.00. The predicted molar refractivity (Wildman–Crippen MR) is 52.8 cm³/mol.